The summed E-state index contributed by atoms with van der Waals surface area (Å²) in [6.07, 6.45) is 8.77. The summed E-state index contributed by atoms with van der Waals surface area (Å²) in [6, 6.07) is 18.4. The van der Waals surface area contributed by atoms with Gasteiger partial charge in [0.2, 0.25) is 0 Å². The van der Waals surface area contributed by atoms with Crippen molar-refractivity contribution in [3.63, 3.8) is 0 Å². The predicted molar refractivity (Wildman–Crippen MR) is 94.2 cm³/mol. The Labute approximate surface area is 134 Å². The van der Waals surface area contributed by atoms with E-state index in [1.807, 2.05) is 24.3 Å². The molecule has 0 heterocycles. The molecule has 22 heavy (non-hydrogen) atoms. The second kappa shape index (κ2) is 9.88. The number of para-hydroxylation sites is 2. The molecule has 0 aromatic heterocycles. The van der Waals surface area contributed by atoms with Crippen molar-refractivity contribution in [1.29, 1.82) is 0 Å². The standard InChI is InChI=1S/C20H27NO/c21-19-15-9-10-16-20(19)22-17-11-4-2-1-3-6-12-18-13-7-5-8-14-18/h5,7-10,13-16H,1-4,6,11-12,17,21H2. The minimum absolute atomic E-state index is 0.725. The van der Waals surface area contributed by atoms with Gasteiger partial charge in [-0.2, -0.15) is 0 Å². The van der Waals surface area contributed by atoms with Crippen molar-refractivity contribution in [2.75, 3.05) is 12.3 Å². The van der Waals surface area contributed by atoms with Crippen LogP contribution in [0.25, 0.3) is 0 Å². The molecule has 0 atom stereocenters. The van der Waals surface area contributed by atoms with Crippen molar-refractivity contribution in [3.05, 3.63) is 60.2 Å². The van der Waals surface area contributed by atoms with Crippen molar-refractivity contribution in [2.24, 2.45) is 0 Å². The van der Waals surface area contributed by atoms with Gasteiger partial charge in [0.05, 0.1) is 12.3 Å². The molecule has 0 saturated carbocycles. The SMILES string of the molecule is Nc1ccccc1OCCCCCCCCc1ccccc1. The molecule has 2 aromatic carbocycles. The Morgan fingerprint density at radius 3 is 2.09 bits per heavy atom. The summed E-state index contributed by atoms with van der Waals surface area (Å²) >= 11 is 0. The molecule has 2 rings (SSSR count). The summed E-state index contributed by atoms with van der Waals surface area (Å²) in [7, 11) is 0. The monoisotopic (exact) mass is 297 g/mol. The van der Waals surface area contributed by atoms with Crippen molar-refractivity contribution >= 4 is 5.69 Å². The first-order valence-corrected chi connectivity index (χ1v) is 8.37. The van der Waals surface area contributed by atoms with E-state index in [0.717, 1.165) is 24.5 Å². The Balaban J connectivity index is 1.44. The molecule has 0 radical (unpaired) electrons. The van der Waals surface area contributed by atoms with Crippen LogP contribution >= 0.6 is 0 Å². The Kier molecular flexibility index (Phi) is 7.37. The maximum absolute atomic E-state index is 5.84. The quantitative estimate of drug-likeness (QED) is 0.481. The second-order valence-electron chi connectivity index (χ2n) is 5.74. The molecule has 0 fully saturated rings. The van der Waals surface area contributed by atoms with E-state index in [1.165, 1.54) is 44.1 Å². The number of nitrogen functional groups attached to an aromatic ring is 1. The van der Waals surface area contributed by atoms with Crippen LogP contribution in [0.4, 0.5) is 5.69 Å². The fraction of sp³-hybridized carbons (Fsp3) is 0.400. The number of hydrogen-bond donors (Lipinski definition) is 1. The number of unbranched alkanes of at least 4 members (excludes halogenated alkanes) is 5. The maximum atomic E-state index is 5.84. The summed E-state index contributed by atoms with van der Waals surface area (Å²) in [5.41, 5.74) is 8.02. The van der Waals surface area contributed by atoms with Crippen LogP contribution in [-0.4, -0.2) is 6.61 Å². The summed E-state index contributed by atoms with van der Waals surface area (Å²) in [6.45, 7) is 0.762. The fourth-order valence-electron chi connectivity index (χ4n) is 2.58. The molecule has 2 nitrogen and oxygen atoms in total. The van der Waals surface area contributed by atoms with Crippen molar-refractivity contribution in [3.8, 4) is 5.75 Å². The van der Waals surface area contributed by atoms with Crippen LogP contribution in [0.1, 0.15) is 44.1 Å². The van der Waals surface area contributed by atoms with E-state index in [4.69, 9.17) is 10.5 Å². The number of anilines is 1. The van der Waals surface area contributed by atoms with Crippen LogP contribution in [0, 0.1) is 0 Å². The molecular formula is C20H27NO. The molecule has 0 aliphatic carbocycles. The highest BCUT2D eigenvalue weighted by molar-refractivity contribution is 5.51. The van der Waals surface area contributed by atoms with Crippen LogP contribution < -0.4 is 10.5 Å². The summed E-state index contributed by atoms with van der Waals surface area (Å²) < 4.78 is 5.70. The molecule has 0 saturated heterocycles. The molecule has 2 aromatic rings. The highest BCUT2D eigenvalue weighted by Crippen LogP contribution is 2.20. The third-order valence-electron chi connectivity index (χ3n) is 3.88. The van der Waals surface area contributed by atoms with Crippen LogP contribution in [-0.2, 0) is 6.42 Å². The lowest BCUT2D eigenvalue weighted by Crippen LogP contribution is -2.00. The zero-order chi connectivity index (χ0) is 15.5. The van der Waals surface area contributed by atoms with Gasteiger partial charge in [0.25, 0.3) is 0 Å². The van der Waals surface area contributed by atoms with E-state index in [2.05, 4.69) is 30.3 Å². The van der Waals surface area contributed by atoms with E-state index in [0.29, 0.717) is 0 Å². The van der Waals surface area contributed by atoms with E-state index < -0.39 is 0 Å². The Bertz CT molecular complexity index is 524. The molecule has 2 heteroatoms. The van der Waals surface area contributed by atoms with E-state index in [-0.39, 0.29) is 0 Å². The van der Waals surface area contributed by atoms with Crippen molar-refractivity contribution in [2.45, 2.75) is 44.9 Å². The van der Waals surface area contributed by atoms with Gasteiger partial charge in [-0.05, 0) is 37.0 Å². The zero-order valence-corrected chi connectivity index (χ0v) is 13.3. The van der Waals surface area contributed by atoms with Gasteiger partial charge in [-0.3, -0.25) is 0 Å². The number of aryl methyl sites for hydroxylation is 1. The first-order chi connectivity index (χ1) is 10.9. The third kappa shape index (κ3) is 6.21. The molecule has 0 aliphatic heterocycles. The van der Waals surface area contributed by atoms with E-state index >= 15 is 0 Å². The van der Waals surface area contributed by atoms with Gasteiger partial charge in [0.15, 0.2) is 0 Å². The highest BCUT2D eigenvalue weighted by Gasteiger charge is 1.98. The lowest BCUT2D eigenvalue weighted by Gasteiger charge is -2.08. The van der Waals surface area contributed by atoms with E-state index in [1.54, 1.807) is 0 Å². The van der Waals surface area contributed by atoms with E-state index in [9.17, 15) is 0 Å². The second-order valence-corrected chi connectivity index (χ2v) is 5.74. The molecule has 118 valence electrons. The fourth-order valence-corrected chi connectivity index (χ4v) is 2.58. The lowest BCUT2D eigenvalue weighted by molar-refractivity contribution is 0.306. The summed E-state index contributed by atoms with van der Waals surface area (Å²) in [5, 5.41) is 0. The van der Waals surface area contributed by atoms with Gasteiger partial charge in [0.1, 0.15) is 5.75 Å². The van der Waals surface area contributed by atoms with Gasteiger partial charge in [-0.1, -0.05) is 68.1 Å². The molecule has 0 amide bonds. The Morgan fingerprint density at radius 1 is 0.682 bits per heavy atom. The van der Waals surface area contributed by atoms with Gasteiger partial charge >= 0.3 is 0 Å². The topological polar surface area (TPSA) is 35.2 Å². The van der Waals surface area contributed by atoms with Crippen molar-refractivity contribution in [1.82, 2.24) is 0 Å². The van der Waals surface area contributed by atoms with Gasteiger partial charge in [-0.15, -0.1) is 0 Å². The molecule has 0 aliphatic rings. The number of rotatable bonds is 10. The average molecular weight is 297 g/mol. The molecule has 0 spiro atoms. The normalized spacial score (nSPS) is 10.5. The first-order valence-electron chi connectivity index (χ1n) is 8.37. The minimum atomic E-state index is 0.725. The number of benzene rings is 2. The molecule has 0 bridgehead atoms. The third-order valence-corrected chi connectivity index (χ3v) is 3.88. The van der Waals surface area contributed by atoms with Crippen LogP contribution in [0.15, 0.2) is 54.6 Å². The lowest BCUT2D eigenvalue weighted by atomic mass is 10.1. The maximum Gasteiger partial charge on any atom is 0.142 e. The van der Waals surface area contributed by atoms with Crippen molar-refractivity contribution < 1.29 is 4.74 Å². The number of hydrogen-bond acceptors (Lipinski definition) is 2. The van der Waals surface area contributed by atoms with Gasteiger partial charge in [0, 0.05) is 0 Å². The molecular weight excluding hydrogens is 270 g/mol. The predicted octanol–water partition coefficient (Wildman–Crippen LogP) is 5.23. The number of ether oxygens (including phenoxy) is 1. The Morgan fingerprint density at radius 2 is 1.32 bits per heavy atom. The smallest absolute Gasteiger partial charge is 0.142 e. The van der Waals surface area contributed by atoms with Gasteiger partial charge < -0.3 is 10.5 Å². The zero-order valence-electron chi connectivity index (χ0n) is 13.3. The van der Waals surface area contributed by atoms with Crippen LogP contribution in [0.3, 0.4) is 0 Å². The Hall–Kier alpha value is -1.96. The summed E-state index contributed by atoms with van der Waals surface area (Å²) in [4.78, 5) is 0. The average Bonchev–Trinajstić information content (AvgIpc) is 2.56. The molecule has 0 unspecified atom stereocenters. The number of nitrogens with two attached hydrogens (primary N) is 1. The summed E-state index contributed by atoms with van der Waals surface area (Å²) in [5.74, 6) is 0.811. The van der Waals surface area contributed by atoms with Gasteiger partial charge in [-0.25, -0.2) is 0 Å². The van der Waals surface area contributed by atoms with Crippen LogP contribution in [0.2, 0.25) is 0 Å². The first kappa shape index (κ1) is 16.4. The highest BCUT2D eigenvalue weighted by atomic mass is 16.5. The minimum Gasteiger partial charge on any atom is -0.491 e. The largest absolute Gasteiger partial charge is 0.491 e. The van der Waals surface area contributed by atoms with Crippen LogP contribution in [0.5, 0.6) is 5.75 Å². The molecule has 2 N–H and O–H groups in total.